The first-order chi connectivity index (χ1) is 12.1. The summed E-state index contributed by atoms with van der Waals surface area (Å²) in [7, 11) is 0. The number of ether oxygens (including phenoxy) is 2. The first-order valence-corrected chi connectivity index (χ1v) is 7.23. The Morgan fingerprint density at radius 2 is 1.88 bits per heavy atom. The number of hydrogen-bond acceptors (Lipinski definition) is 5. The summed E-state index contributed by atoms with van der Waals surface area (Å²) in [5, 5.41) is 6.21. The Hall–Kier alpha value is -3.42. The number of nitrogens with zero attached hydrogens (tertiary/aromatic N) is 1. The van der Waals surface area contributed by atoms with Gasteiger partial charge >= 0.3 is 0 Å². The average molecular weight is 344 g/mol. The third-order valence-electron chi connectivity index (χ3n) is 3.57. The molecule has 0 aliphatic carbocycles. The molecule has 1 aliphatic rings. The lowest BCUT2D eigenvalue weighted by Crippen LogP contribution is -2.12. The molecule has 1 amide bonds. The Morgan fingerprint density at radius 1 is 1.04 bits per heavy atom. The molecule has 0 atom stereocenters. The van der Waals surface area contributed by atoms with E-state index in [2.05, 4.69) is 10.5 Å². The molecule has 0 fully saturated rings. The summed E-state index contributed by atoms with van der Waals surface area (Å²) >= 11 is 0. The molecule has 1 aliphatic heterocycles. The molecule has 8 heteroatoms. The van der Waals surface area contributed by atoms with E-state index in [0.29, 0.717) is 17.2 Å². The van der Waals surface area contributed by atoms with Crippen LogP contribution in [-0.4, -0.2) is 17.9 Å². The van der Waals surface area contributed by atoms with Crippen LogP contribution in [0.25, 0.3) is 11.3 Å². The van der Waals surface area contributed by atoms with Gasteiger partial charge in [0.1, 0.15) is 11.6 Å². The zero-order valence-corrected chi connectivity index (χ0v) is 12.6. The summed E-state index contributed by atoms with van der Waals surface area (Å²) in [4.78, 5) is 12.2. The maximum Gasteiger partial charge on any atom is 0.277 e. The van der Waals surface area contributed by atoms with E-state index in [1.807, 2.05) is 0 Å². The van der Waals surface area contributed by atoms with Crippen molar-refractivity contribution in [3.05, 3.63) is 59.8 Å². The number of benzene rings is 2. The summed E-state index contributed by atoms with van der Waals surface area (Å²) in [6.45, 7) is 0.124. The van der Waals surface area contributed by atoms with Crippen LogP contribution in [0.3, 0.4) is 0 Å². The highest BCUT2D eigenvalue weighted by atomic mass is 19.1. The van der Waals surface area contributed by atoms with Gasteiger partial charge in [-0.15, -0.1) is 0 Å². The van der Waals surface area contributed by atoms with Crippen molar-refractivity contribution in [2.24, 2.45) is 0 Å². The molecular weight excluding hydrogens is 334 g/mol. The van der Waals surface area contributed by atoms with Gasteiger partial charge < -0.3 is 19.3 Å². The van der Waals surface area contributed by atoms with Gasteiger partial charge in [-0.25, -0.2) is 8.78 Å². The lowest BCUT2D eigenvalue weighted by atomic mass is 10.1. The monoisotopic (exact) mass is 344 g/mol. The largest absolute Gasteiger partial charge is 0.454 e. The molecule has 2 aromatic carbocycles. The topological polar surface area (TPSA) is 73.6 Å². The quantitative estimate of drug-likeness (QED) is 0.786. The van der Waals surface area contributed by atoms with E-state index >= 15 is 0 Å². The maximum absolute atomic E-state index is 13.8. The summed E-state index contributed by atoms with van der Waals surface area (Å²) in [6.07, 6.45) is 0. The van der Waals surface area contributed by atoms with Gasteiger partial charge in [0, 0.05) is 17.8 Å². The minimum Gasteiger partial charge on any atom is -0.454 e. The minimum absolute atomic E-state index is 0.0483. The predicted octanol–water partition coefficient (Wildman–Crippen LogP) is 3.60. The third kappa shape index (κ3) is 2.89. The normalized spacial score (nSPS) is 12.2. The molecule has 0 bridgehead atoms. The highest BCUT2D eigenvalue weighted by Crippen LogP contribution is 2.34. The smallest absolute Gasteiger partial charge is 0.277 e. The van der Waals surface area contributed by atoms with Crippen molar-refractivity contribution < 1.29 is 27.6 Å². The molecule has 0 radical (unpaired) electrons. The fraction of sp³-hybridized carbons (Fsp3) is 0.0588. The molecule has 0 saturated carbocycles. The van der Waals surface area contributed by atoms with Crippen LogP contribution in [-0.2, 0) is 0 Å². The number of amides is 1. The van der Waals surface area contributed by atoms with Gasteiger partial charge in [-0.2, -0.15) is 0 Å². The van der Waals surface area contributed by atoms with Gasteiger partial charge in [-0.3, -0.25) is 4.79 Å². The second-order valence-electron chi connectivity index (χ2n) is 5.22. The Morgan fingerprint density at radius 3 is 2.76 bits per heavy atom. The van der Waals surface area contributed by atoms with Crippen molar-refractivity contribution in [3.8, 4) is 22.8 Å². The molecule has 126 valence electrons. The van der Waals surface area contributed by atoms with Crippen molar-refractivity contribution in [2.45, 2.75) is 0 Å². The number of nitrogens with one attached hydrogen (secondary N) is 1. The highest BCUT2D eigenvalue weighted by Gasteiger charge is 2.18. The zero-order valence-electron chi connectivity index (χ0n) is 12.6. The van der Waals surface area contributed by atoms with Gasteiger partial charge in [0.25, 0.3) is 5.91 Å². The van der Waals surface area contributed by atoms with Crippen LogP contribution in [0.2, 0.25) is 0 Å². The summed E-state index contributed by atoms with van der Waals surface area (Å²) in [6, 6.07) is 9.07. The van der Waals surface area contributed by atoms with Crippen molar-refractivity contribution in [1.82, 2.24) is 5.16 Å². The number of carbonyl (C=O) groups is 1. The first kappa shape index (κ1) is 15.1. The van der Waals surface area contributed by atoms with Crippen molar-refractivity contribution in [1.29, 1.82) is 0 Å². The van der Waals surface area contributed by atoms with Crippen LogP contribution < -0.4 is 14.8 Å². The Kier molecular flexibility index (Phi) is 3.57. The van der Waals surface area contributed by atoms with Crippen LogP contribution in [0.15, 0.2) is 47.0 Å². The molecule has 0 unspecified atom stereocenters. The predicted molar refractivity (Wildman–Crippen MR) is 82.4 cm³/mol. The van der Waals surface area contributed by atoms with Crippen molar-refractivity contribution >= 4 is 11.6 Å². The van der Waals surface area contributed by atoms with Gasteiger partial charge in [-0.05, 0) is 30.3 Å². The molecule has 25 heavy (non-hydrogen) atoms. The third-order valence-corrected chi connectivity index (χ3v) is 3.57. The van der Waals surface area contributed by atoms with Gasteiger partial charge in [0.05, 0.1) is 5.56 Å². The molecule has 1 aromatic heterocycles. The molecule has 0 saturated heterocycles. The summed E-state index contributed by atoms with van der Waals surface area (Å²) in [5.74, 6) is -0.818. The van der Waals surface area contributed by atoms with Crippen LogP contribution in [0.1, 0.15) is 10.5 Å². The zero-order chi connectivity index (χ0) is 17.4. The number of aromatic nitrogens is 1. The molecule has 2 heterocycles. The van der Waals surface area contributed by atoms with E-state index in [-0.39, 0.29) is 23.8 Å². The maximum atomic E-state index is 13.8. The van der Waals surface area contributed by atoms with E-state index in [1.54, 1.807) is 18.2 Å². The van der Waals surface area contributed by atoms with Crippen LogP contribution >= 0.6 is 0 Å². The Labute approximate surface area is 140 Å². The number of rotatable bonds is 3. The second-order valence-corrected chi connectivity index (χ2v) is 5.22. The fourth-order valence-corrected chi connectivity index (χ4v) is 2.36. The number of carbonyl (C=O) groups excluding carboxylic acids is 1. The molecule has 3 aromatic rings. The lowest BCUT2D eigenvalue weighted by Gasteiger charge is -2.03. The molecule has 0 spiro atoms. The molecule has 1 N–H and O–H groups in total. The van der Waals surface area contributed by atoms with Crippen LogP contribution in [0.4, 0.5) is 14.5 Å². The molecule has 4 rings (SSSR count). The van der Waals surface area contributed by atoms with E-state index in [1.165, 1.54) is 6.07 Å². The first-order valence-electron chi connectivity index (χ1n) is 7.23. The SMILES string of the molecule is O=C(Nc1ccc2c(c1)OCO2)c1cc(-c2cc(F)ccc2F)on1. The van der Waals surface area contributed by atoms with Crippen molar-refractivity contribution in [3.63, 3.8) is 0 Å². The fourth-order valence-electron chi connectivity index (χ4n) is 2.36. The van der Waals surface area contributed by atoms with Crippen LogP contribution in [0, 0.1) is 11.6 Å². The molecular formula is C17H10F2N2O4. The summed E-state index contributed by atoms with van der Waals surface area (Å²) < 4.78 is 42.4. The van der Waals surface area contributed by atoms with Gasteiger partial charge in [0.15, 0.2) is 23.0 Å². The van der Waals surface area contributed by atoms with Crippen molar-refractivity contribution in [2.75, 3.05) is 12.1 Å². The Balaban J connectivity index is 1.55. The standard InChI is InChI=1S/C17H10F2N2O4/c18-9-1-3-12(19)11(5-9)15-7-13(21-25-15)17(22)20-10-2-4-14-16(6-10)24-8-23-14/h1-7H,8H2,(H,20,22). The molecule has 6 nitrogen and oxygen atoms in total. The summed E-state index contributed by atoms with van der Waals surface area (Å²) in [5.41, 5.74) is 0.279. The Bertz CT molecular complexity index is 971. The van der Waals surface area contributed by atoms with E-state index in [9.17, 15) is 13.6 Å². The number of anilines is 1. The van der Waals surface area contributed by atoms with Gasteiger partial charge in [-0.1, -0.05) is 5.16 Å². The average Bonchev–Trinajstić information content (AvgIpc) is 3.25. The lowest BCUT2D eigenvalue weighted by molar-refractivity contribution is 0.101. The second kappa shape index (κ2) is 5.90. The van der Waals surface area contributed by atoms with E-state index in [4.69, 9.17) is 14.0 Å². The highest BCUT2D eigenvalue weighted by molar-refractivity contribution is 6.03. The minimum atomic E-state index is -0.680. The number of hydrogen-bond donors (Lipinski definition) is 1. The van der Waals surface area contributed by atoms with Gasteiger partial charge in [0.2, 0.25) is 6.79 Å². The van der Waals surface area contributed by atoms with Crippen LogP contribution in [0.5, 0.6) is 11.5 Å². The number of halogens is 2. The van der Waals surface area contributed by atoms with E-state index in [0.717, 1.165) is 18.2 Å². The number of fused-ring (bicyclic) bond motifs is 1. The van der Waals surface area contributed by atoms with E-state index < -0.39 is 17.5 Å².